The summed E-state index contributed by atoms with van der Waals surface area (Å²) in [5.41, 5.74) is 3.98. The number of fused-ring (bicyclic) bond motifs is 2. The molecule has 122 valence electrons. The van der Waals surface area contributed by atoms with E-state index < -0.39 is 0 Å². The number of H-pyrrole nitrogens is 1. The van der Waals surface area contributed by atoms with Crippen LogP contribution in [-0.2, 0) is 24.4 Å². The zero-order valence-corrected chi connectivity index (χ0v) is 12.9. The van der Waals surface area contributed by atoms with E-state index in [0.29, 0.717) is 37.1 Å². The molecule has 2 N–H and O–H groups in total. The van der Waals surface area contributed by atoms with Crippen LogP contribution in [0.3, 0.4) is 0 Å². The molecule has 3 heterocycles. The van der Waals surface area contributed by atoms with Crippen molar-refractivity contribution in [2.45, 2.75) is 19.6 Å². The summed E-state index contributed by atoms with van der Waals surface area (Å²) in [6.07, 6.45) is 3.90. The largest absolute Gasteiger partial charge is 0.370 e. The first kappa shape index (κ1) is 14.8. The Kier molecular flexibility index (Phi) is 3.74. The summed E-state index contributed by atoms with van der Waals surface area (Å²) in [5.74, 6) is -0.435. The molecular formula is C18H16FN3O2. The zero-order chi connectivity index (χ0) is 16.5. The van der Waals surface area contributed by atoms with Gasteiger partial charge in [-0.1, -0.05) is 6.07 Å². The fraction of sp³-hybridized carbons (Fsp3) is 0.222. The molecular weight excluding hydrogens is 309 g/mol. The Balaban J connectivity index is 1.42. The molecule has 1 aliphatic rings. The first-order valence-corrected chi connectivity index (χ1v) is 7.80. The summed E-state index contributed by atoms with van der Waals surface area (Å²) in [6.45, 7) is 1.43. The van der Waals surface area contributed by atoms with Gasteiger partial charge in [0.05, 0.1) is 24.5 Å². The number of hydrogen-bond acceptors (Lipinski definition) is 3. The number of carbonyl (C=O) groups is 1. The molecule has 0 atom stereocenters. The normalized spacial score (nSPS) is 13.2. The number of benzene rings is 1. The Morgan fingerprint density at radius 3 is 3.21 bits per heavy atom. The van der Waals surface area contributed by atoms with Crippen LogP contribution in [0.4, 0.5) is 4.39 Å². The Morgan fingerprint density at radius 1 is 1.38 bits per heavy atom. The lowest BCUT2D eigenvalue weighted by atomic mass is 10.1. The van der Waals surface area contributed by atoms with Crippen LogP contribution in [0.25, 0.3) is 10.9 Å². The lowest BCUT2D eigenvalue weighted by molar-refractivity contribution is 0.0953. The van der Waals surface area contributed by atoms with E-state index in [1.54, 1.807) is 18.5 Å². The number of ether oxygens (including phenoxy) is 1. The predicted molar refractivity (Wildman–Crippen MR) is 87.0 cm³/mol. The van der Waals surface area contributed by atoms with Gasteiger partial charge in [0, 0.05) is 35.4 Å². The number of carbonyl (C=O) groups excluding carboxylic acids is 1. The van der Waals surface area contributed by atoms with E-state index in [0.717, 1.165) is 22.3 Å². The van der Waals surface area contributed by atoms with Crippen molar-refractivity contribution < 1.29 is 13.9 Å². The van der Waals surface area contributed by atoms with Crippen molar-refractivity contribution in [2.24, 2.45) is 0 Å². The molecule has 0 bridgehead atoms. The van der Waals surface area contributed by atoms with Crippen molar-refractivity contribution in [1.29, 1.82) is 0 Å². The Hall–Kier alpha value is -2.73. The zero-order valence-electron chi connectivity index (χ0n) is 12.9. The van der Waals surface area contributed by atoms with Crippen LogP contribution in [-0.4, -0.2) is 22.4 Å². The molecule has 3 aromatic rings. The Labute approximate surface area is 137 Å². The maximum atomic E-state index is 13.9. The summed E-state index contributed by atoms with van der Waals surface area (Å²) in [5, 5.41) is 3.44. The highest BCUT2D eigenvalue weighted by atomic mass is 19.1. The number of nitrogens with zero attached hydrogens (tertiary/aromatic N) is 1. The average molecular weight is 325 g/mol. The number of rotatable bonds is 4. The van der Waals surface area contributed by atoms with Crippen LogP contribution in [0.2, 0.25) is 0 Å². The van der Waals surface area contributed by atoms with Crippen LogP contribution in [0.5, 0.6) is 0 Å². The average Bonchev–Trinajstić information content (AvgIpc) is 3.21. The number of nitrogens with one attached hydrogen (secondary N) is 2. The van der Waals surface area contributed by atoms with Crippen molar-refractivity contribution in [3.63, 3.8) is 0 Å². The molecule has 0 spiro atoms. The minimum atomic E-state index is -0.252. The van der Waals surface area contributed by atoms with Crippen molar-refractivity contribution in [1.82, 2.24) is 15.3 Å². The molecule has 24 heavy (non-hydrogen) atoms. The SMILES string of the molecule is O=C(NCCc1c[nH]c2cccc(F)c12)c1cnc2c(c1)COC2. The first-order chi connectivity index (χ1) is 11.7. The maximum absolute atomic E-state index is 13.9. The topological polar surface area (TPSA) is 67.0 Å². The molecule has 6 heteroatoms. The van der Waals surface area contributed by atoms with E-state index in [4.69, 9.17) is 4.74 Å². The minimum Gasteiger partial charge on any atom is -0.370 e. The third-order valence-corrected chi connectivity index (χ3v) is 4.23. The number of hydrogen-bond donors (Lipinski definition) is 2. The third-order valence-electron chi connectivity index (χ3n) is 4.23. The molecule has 0 saturated carbocycles. The fourth-order valence-electron chi connectivity index (χ4n) is 2.99. The lowest BCUT2D eigenvalue weighted by Gasteiger charge is -2.06. The summed E-state index contributed by atoms with van der Waals surface area (Å²) in [6, 6.07) is 6.76. The van der Waals surface area contributed by atoms with E-state index in [1.165, 1.54) is 6.07 Å². The van der Waals surface area contributed by atoms with Crippen molar-refractivity contribution >= 4 is 16.8 Å². The van der Waals surface area contributed by atoms with E-state index in [-0.39, 0.29) is 11.7 Å². The van der Waals surface area contributed by atoms with Crippen LogP contribution >= 0.6 is 0 Å². The number of amides is 1. The standard InChI is InChI=1S/C18H16FN3O2/c19-14-2-1-3-15-17(14)11(7-21-15)4-5-20-18(23)12-6-13-9-24-10-16(13)22-8-12/h1-3,6-8,21H,4-5,9-10H2,(H,20,23). The molecule has 5 nitrogen and oxygen atoms in total. The highest BCUT2D eigenvalue weighted by Crippen LogP contribution is 2.22. The van der Waals surface area contributed by atoms with Gasteiger partial charge in [-0.15, -0.1) is 0 Å². The minimum absolute atomic E-state index is 0.183. The summed E-state index contributed by atoms with van der Waals surface area (Å²) >= 11 is 0. The number of pyridine rings is 1. The van der Waals surface area contributed by atoms with Gasteiger partial charge >= 0.3 is 0 Å². The van der Waals surface area contributed by atoms with Gasteiger partial charge < -0.3 is 15.0 Å². The quantitative estimate of drug-likeness (QED) is 0.775. The van der Waals surface area contributed by atoms with Gasteiger partial charge in [-0.05, 0) is 30.2 Å². The van der Waals surface area contributed by atoms with E-state index in [2.05, 4.69) is 15.3 Å². The van der Waals surface area contributed by atoms with Crippen molar-refractivity contribution in [3.05, 3.63) is 64.9 Å². The second kappa shape index (κ2) is 6.05. The van der Waals surface area contributed by atoms with Crippen molar-refractivity contribution in [3.8, 4) is 0 Å². The molecule has 0 saturated heterocycles. The number of halogens is 1. The highest BCUT2D eigenvalue weighted by molar-refractivity contribution is 5.94. The van der Waals surface area contributed by atoms with Crippen LogP contribution in [0, 0.1) is 5.82 Å². The Morgan fingerprint density at radius 2 is 2.29 bits per heavy atom. The molecule has 0 fully saturated rings. The van der Waals surface area contributed by atoms with Crippen LogP contribution in [0.1, 0.15) is 27.2 Å². The van der Waals surface area contributed by atoms with Gasteiger partial charge in [0.2, 0.25) is 0 Å². The monoisotopic (exact) mass is 325 g/mol. The summed E-state index contributed by atoms with van der Waals surface area (Å²) in [4.78, 5) is 19.5. The van der Waals surface area contributed by atoms with E-state index >= 15 is 0 Å². The molecule has 1 aliphatic heterocycles. The molecule has 0 aliphatic carbocycles. The van der Waals surface area contributed by atoms with E-state index in [1.807, 2.05) is 12.1 Å². The number of aromatic amines is 1. The van der Waals surface area contributed by atoms with Gasteiger partial charge in [-0.2, -0.15) is 0 Å². The second-order valence-electron chi connectivity index (χ2n) is 5.80. The molecule has 0 unspecified atom stereocenters. The molecule has 2 aromatic heterocycles. The fourth-order valence-corrected chi connectivity index (χ4v) is 2.99. The van der Waals surface area contributed by atoms with Crippen LogP contribution < -0.4 is 5.32 Å². The molecule has 0 radical (unpaired) electrons. The number of aromatic nitrogens is 2. The molecule has 1 amide bonds. The van der Waals surface area contributed by atoms with E-state index in [9.17, 15) is 9.18 Å². The molecule has 1 aromatic carbocycles. The maximum Gasteiger partial charge on any atom is 0.252 e. The van der Waals surface area contributed by atoms with Crippen molar-refractivity contribution in [2.75, 3.05) is 6.54 Å². The lowest BCUT2D eigenvalue weighted by Crippen LogP contribution is -2.26. The Bertz CT molecular complexity index is 920. The van der Waals surface area contributed by atoms with Crippen LogP contribution in [0.15, 0.2) is 36.7 Å². The third kappa shape index (κ3) is 2.65. The molecule has 4 rings (SSSR count). The first-order valence-electron chi connectivity index (χ1n) is 7.80. The highest BCUT2D eigenvalue weighted by Gasteiger charge is 2.16. The summed E-state index contributed by atoms with van der Waals surface area (Å²) < 4.78 is 19.2. The second-order valence-corrected chi connectivity index (χ2v) is 5.80. The summed E-state index contributed by atoms with van der Waals surface area (Å²) in [7, 11) is 0. The van der Waals surface area contributed by atoms with Gasteiger partial charge in [-0.3, -0.25) is 9.78 Å². The van der Waals surface area contributed by atoms with Gasteiger partial charge in [0.25, 0.3) is 5.91 Å². The predicted octanol–water partition coefficient (Wildman–Crippen LogP) is 2.70. The van der Waals surface area contributed by atoms with Gasteiger partial charge in [0.1, 0.15) is 5.82 Å². The van der Waals surface area contributed by atoms with Gasteiger partial charge in [0.15, 0.2) is 0 Å². The van der Waals surface area contributed by atoms with Gasteiger partial charge in [-0.25, -0.2) is 4.39 Å². The smallest absolute Gasteiger partial charge is 0.252 e.